The second-order valence-electron chi connectivity index (χ2n) is 9.42. The number of hydrogen-bond donors (Lipinski definition) is 1. The highest BCUT2D eigenvalue weighted by Crippen LogP contribution is 2.41. The molecule has 3 aromatic rings. The normalized spacial score (nSPS) is 20.9. The van der Waals surface area contributed by atoms with Crippen LogP contribution >= 0.6 is 12.2 Å². The van der Waals surface area contributed by atoms with Crippen LogP contribution in [0.15, 0.2) is 54.7 Å². The molecular formula is C28H35N5OS. The topological polar surface area (TPSA) is 45.6 Å². The Hall–Kier alpha value is -2.74. The van der Waals surface area contributed by atoms with Gasteiger partial charge in [-0.1, -0.05) is 31.2 Å². The molecule has 1 aromatic carbocycles. The molecule has 35 heavy (non-hydrogen) atoms. The first kappa shape index (κ1) is 24.0. The van der Waals surface area contributed by atoms with Crippen molar-refractivity contribution >= 4 is 17.3 Å². The van der Waals surface area contributed by atoms with E-state index in [1.54, 1.807) is 0 Å². The van der Waals surface area contributed by atoms with Crippen LogP contribution in [-0.2, 0) is 11.2 Å². The Kier molecular flexibility index (Phi) is 7.18. The summed E-state index contributed by atoms with van der Waals surface area (Å²) in [4.78, 5) is 9.56. The number of thiocarbonyl (C=S) groups is 1. The van der Waals surface area contributed by atoms with Crippen molar-refractivity contribution in [2.75, 3.05) is 39.4 Å². The van der Waals surface area contributed by atoms with Gasteiger partial charge in [0, 0.05) is 49.5 Å². The van der Waals surface area contributed by atoms with Crippen molar-refractivity contribution < 1.29 is 4.74 Å². The van der Waals surface area contributed by atoms with Gasteiger partial charge in [-0.3, -0.25) is 9.88 Å². The van der Waals surface area contributed by atoms with Crippen LogP contribution in [0.1, 0.15) is 47.2 Å². The zero-order valence-corrected chi connectivity index (χ0v) is 21.7. The summed E-state index contributed by atoms with van der Waals surface area (Å²) in [5.74, 6) is 0. The van der Waals surface area contributed by atoms with Crippen molar-refractivity contribution in [3.63, 3.8) is 0 Å². The van der Waals surface area contributed by atoms with E-state index >= 15 is 0 Å². The first-order chi connectivity index (χ1) is 17.1. The molecule has 184 valence electrons. The van der Waals surface area contributed by atoms with Gasteiger partial charge in [0.15, 0.2) is 5.11 Å². The van der Waals surface area contributed by atoms with Crippen LogP contribution in [0.5, 0.6) is 0 Å². The number of rotatable bonds is 7. The molecule has 0 unspecified atom stereocenters. The molecule has 2 saturated heterocycles. The zero-order valence-electron chi connectivity index (χ0n) is 20.9. The van der Waals surface area contributed by atoms with E-state index in [4.69, 9.17) is 21.9 Å². The molecule has 7 heteroatoms. The van der Waals surface area contributed by atoms with Crippen LogP contribution < -0.4 is 5.32 Å². The summed E-state index contributed by atoms with van der Waals surface area (Å²) in [6.45, 7) is 12.1. The predicted molar refractivity (Wildman–Crippen MR) is 144 cm³/mol. The first-order valence-electron chi connectivity index (χ1n) is 12.6. The highest BCUT2D eigenvalue weighted by molar-refractivity contribution is 7.80. The standard InChI is InChI=1S/C28H35N5OS/c1-4-22-9-5-6-11-25(22)33-20(2)19-23(21(33)3)27-26(24-10-7-8-12-29-24)30-28(35)32(27)14-13-31-15-17-34-18-16-31/h5-12,19,26-27H,4,13-18H2,1-3H3,(H,30,35)/t26-,27+/m0/s1. The molecule has 0 radical (unpaired) electrons. The molecule has 0 bridgehead atoms. The van der Waals surface area contributed by atoms with Crippen molar-refractivity contribution in [1.82, 2.24) is 24.7 Å². The summed E-state index contributed by atoms with van der Waals surface area (Å²) < 4.78 is 7.95. The fraction of sp³-hybridized carbons (Fsp3) is 0.429. The minimum atomic E-state index is 0.00348. The van der Waals surface area contributed by atoms with Gasteiger partial charge in [-0.05, 0) is 67.9 Å². The maximum absolute atomic E-state index is 5.91. The molecule has 2 aliphatic heterocycles. The van der Waals surface area contributed by atoms with Crippen LogP contribution in [-0.4, -0.2) is 63.9 Å². The number of para-hydroxylation sites is 1. The molecule has 4 heterocycles. The number of aryl methyl sites for hydroxylation is 2. The molecule has 1 N–H and O–H groups in total. The third-order valence-corrected chi connectivity index (χ3v) is 7.71. The Morgan fingerprint density at radius 2 is 1.83 bits per heavy atom. The van der Waals surface area contributed by atoms with Gasteiger partial charge in [-0.15, -0.1) is 0 Å². The van der Waals surface area contributed by atoms with Gasteiger partial charge < -0.3 is 19.5 Å². The fourth-order valence-electron chi connectivity index (χ4n) is 5.54. The molecule has 2 atom stereocenters. The second kappa shape index (κ2) is 10.5. The molecule has 0 amide bonds. The average Bonchev–Trinajstić information content (AvgIpc) is 3.38. The number of nitrogens with zero attached hydrogens (tertiary/aromatic N) is 4. The average molecular weight is 490 g/mol. The molecular weight excluding hydrogens is 454 g/mol. The Labute approximate surface area is 213 Å². The third-order valence-electron chi connectivity index (χ3n) is 7.36. The fourth-order valence-corrected chi connectivity index (χ4v) is 5.88. The van der Waals surface area contributed by atoms with E-state index in [-0.39, 0.29) is 12.1 Å². The largest absolute Gasteiger partial charge is 0.379 e. The number of nitrogens with one attached hydrogen (secondary N) is 1. The minimum Gasteiger partial charge on any atom is -0.379 e. The van der Waals surface area contributed by atoms with Crippen LogP contribution in [0.25, 0.3) is 5.69 Å². The van der Waals surface area contributed by atoms with Gasteiger partial charge in [-0.2, -0.15) is 0 Å². The van der Waals surface area contributed by atoms with Crippen molar-refractivity contribution in [3.05, 3.63) is 82.9 Å². The quantitative estimate of drug-likeness (QED) is 0.498. The molecule has 0 spiro atoms. The molecule has 5 rings (SSSR count). The number of aromatic nitrogens is 2. The van der Waals surface area contributed by atoms with Crippen molar-refractivity contribution in [2.24, 2.45) is 0 Å². The van der Waals surface area contributed by atoms with Gasteiger partial charge in [0.2, 0.25) is 0 Å². The van der Waals surface area contributed by atoms with E-state index in [0.717, 1.165) is 56.6 Å². The molecule has 0 aliphatic carbocycles. The summed E-state index contributed by atoms with van der Waals surface area (Å²) in [6, 6.07) is 17.3. The molecule has 2 aromatic heterocycles. The summed E-state index contributed by atoms with van der Waals surface area (Å²) in [6.07, 6.45) is 2.87. The first-order valence-corrected chi connectivity index (χ1v) is 13.0. The SMILES string of the molecule is CCc1ccccc1-n1c(C)cc([C@@H]2[C@H](c3ccccn3)NC(=S)N2CCN2CCOCC2)c1C. The van der Waals surface area contributed by atoms with Crippen LogP contribution in [0.3, 0.4) is 0 Å². The van der Waals surface area contributed by atoms with Crippen LogP contribution in [0.4, 0.5) is 0 Å². The molecule has 0 saturated carbocycles. The monoisotopic (exact) mass is 489 g/mol. The minimum absolute atomic E-state index is 0.00348. The highest BCUT2D eigenvalue weighted by atomic mass is 32.1. The Balaban J connectivity index is 1.54. The van der Waals surface area contributed by atoms with Gasteiger partial charge in [0.05, 0.1) is 31.0 Å². The Morgan fingerprint density at radius 3 is 2.57 bits per heavy atom. The summed E-state index contributed by atoms with van der Waals surface area (Å²) in [7, 11) is 0. The van der Waals surface area contributed by atoms with Crippen molar-refractivity contribution in [3.8, 4) is 5.69 Å². The summed E-state index contributed by atoms with van der Waals surface area (Å²) >= 11 is 5.91. The lowest BCUT2D eigenvalue weighted by Crippen LogP contribution is -2.42. The van der Waals surface area contributed by atoms with E-state index in [1.807, 2.05) is 12.3 Å². The van der Waals surface area contributed by atoms with Gasteiger partial charge in [-0.25, -0.2) is 0 Å². The van der Waals surface area contributed by atoms with Gasteiger partial charge >= 0.3 is 0 Å². The molecule has 6 nitrogen and oxygen atoms in total. The lowest BCUT2D eigenvalue weighted by atomic mass is 9.96. The van der Waals surface area contributed by atoms with Crippen molar-refractivity contribution in [1.29, 1.82) is 0 Å². The third kappa shape index (κ3) is 4.73. The second-order valence-corrected chi connectivity index (χ2v) is 9.80. The van der Waals surface area contributed by atoms with E-state index in [9.17, 15) is 0 Å². The molecule has 2 fully saturated rings. The van der Waals surface area contributed by atoms with E-state index in [1.165, 1.54) is 28.2 Å². The Morgan fingerprint density at radius 1 is 1.06 bits per heavy atom. The van der Waals surface area contributed by atoms with Crippen LogP contribution in [0.2, 0.25) is 0 Å². The number of morpholine rings is 1. The maximum atomic E-state index is 5.91. The summed E-state index contributed by atoms with van der Waals surface area (Å²) in [5, 5.41) is 4.42. The number of ether oxygens (including phenoxy) is 1. The zero-order chi connectivity index (χ0) is 24.4. The number of pyridine rings is 1. The van der Waals surface area contributed by atoms with E-state index < -0.39 is 0 Å². The number of benzene rings is 1. The Bertz CT molecular complexity index is 1170. The molecule has 2 aliphatic rings. The predicted octanol–water partition coefficient (Wildman–Crippen LogP) is 4.36. The number of hydrogen-bond acceptors (Lipinski definition) is 4. The smallest absolute Gasteiger partial charge is 0.170 e. The highest BCUT2D eigenvalue weighted by Gasteiger charge is 2.41. The maximum Gasteiger partial charge on any atom is 0.170 e. The van der Waals surface area contributed by atoms with Crippen molar-refractivity contribution in [2.45, 2.75) is 39.3 Å². The lowest BCUT2D eigenvalue weighted by Gasteiger charge is -2.32. The van der Waals surface area contributed by atoms with E-state index in [0.29, 0.717) is 0 Å². The van der Waals surface area contributed by atoms with Gasteiger partial charge in [0.1, 0.15) is 0 Å². The van der Waals surface area contributed by atoms with Gasteiger partial charge in [0.25, 0.3) is 0 Å². The van der Waals surface area contributed by atoms with E-state index in [2.05, 4.69) is 82.9 Å². The summed E-state index contributed by atoms with van der Waals surface area (Å²) in [5.41, 5.74) is 7.44. The lowest BCUT2D eigenvalue weighted by molar-refractivity contribution is 0.0350. The van der Waals surface area contributed by atoms with Crippen LogP contribution in [0, 0.1) is 13.8 Å².